The maximum Gasteiger partial charge on any atom is 0.243 e. The second-order valence-corrected chi connectivity index (χ2v) is 9.40. The van der Waals surface area contributed by atoms with Crippen LogP contribution in [0.15, 0.2) is 42.5 Å². The summed E-state index contributed by atoms with van der Waals surface area (Å²) in [5.41, 5.74) is 3.22. The fourth-order valence-electron chi connectivity index (χ4n) is 4.93. The summed E-state index contributed by atoms with van der Waals surface area (Å²) in [6, 6.07) is 13.6. The summed E-state index contributed by atoms with van der Waals surface area (Å²) in [6.07, 6.45) is 7.10. The van der Waals surface area contributed by atoms with Gasteiger partial charge in [-0.05, 0) is 61.4 Å². The number of hydrogen-bond acceptors (Lipinski definition) is 4. The highest BCUT2D eigenvalue weighted by atomic mass is 16.7. The molecule has 6 heteroatoms. The second-order valence-electron chi connectivity index (χ2n) is 9.40. The molecule has 34 heavy (non-hydrogen) atoms. The number of fused-ring (bicyclic) bond motifs is 1. The zero-order valence-corrected chi connectivity index (χ0v) is 20.3. The summed E-state index contributed by atoms with van der Waals surface area (Å²) in [5.74, 6) is 1.42. The Morgan fingerprint density at radius 2 is 1.82 bits per heavy atom. The molecule has 4 rings (SSSR count). The number of benzene rings is 2. The zero-order chi connectivity index (χ0) is 23.9. The van der Waals surface area contributed by atoms with Gasteiger partial charge in [0, 0.05) is 19.0 Å². The predicted molar refractivity (Wildman–Crippen MR) is 132 cm³/mol. The summed E-state index contributed by atoms with van der Waals surface area (Å²) < 4.78 is 10.9. The van der Waals surface area contributed by atoms with E-state index >= 15 is 0 Å². The summed E-state index contributed by atoms with van der Waals surface area (Å²) in [4.78, 5) is 28.7. The van der Waals surface area contributed by atoms with Gasteiger partial charge < -0.3 is 19.7 Å². The highest BCUT2D eigenvalue weighted by Gasteiger charge is 2.30. The molecule has 6 nitrogen and oxygen atoms in total. The molecule has 1 aliphatic carbocycles. The Hall–Kier alpha value is -3.02. The van der Waals surface area contributed by atoms with Crippen molar-refractivity contribution in [3.8, 4) is 11.5 Å². The molecule has 2 aromatic carbocycles. The number of nitrogens with one attached hydrogen (secondary N) is 1. The third-order valence-corrected chi connectivity index (χ3v) is 7.00. The fraction of sp³-hybridized carbons (Fsp3) is 0.500. The Kier molecular flexibility index (Phi) is 8.09. The standard InChI is InChI=1S/C28H36N2O4/c1-3-24(28(32)29-23-11-5-4-6-12-23)30(18-22-10-8-7-9-20(22)2)27(31)16-14-21-13-15-25-26(17-21)34-19-33-25/h7-10,13,15,17,23-24H,3-6,11-12,14,16,18-19H2,1-2H3,(H,29,32)/t24-/m0/s1. The summed E-state index contributed by atoms with van der Waals surface area (Å²) in [7, 11) is 0. The Labute approximate surface area is 202 Å². The number of carbonyl (C=O) groups is 2. The van der Waals surface area contributed by atoms with Crippen LogP contribution in [-0.2, 0) is 22.6 Å². The quantitative estimate of drug-likeness (QED) is 0.572. The van der Waals surface area contributed by atoms with E-state index in [-0.39, 0.29) is 24.6 Å². The molecule has 182 valence electrons. The number of carbonyl (C=O) groups excluding carboxylic acids is 2. The van der Waals surface area contributed by atoms with Crippen molar-refractivity contribution in [1.29, 1.82) is 0 Å². The molecule has 0 spiro atoms. The van der Waals surface area contributed by atoms with E-state index < -0.39 is 6.04 Å². The minimum Gasteiger partial charge on any atom is -0.454 e. The Balaban J connectivity index is 1.49. The summed E-state index contributed by atoms with van der Waals surface area (Å²) >= 11 is 0. The molecule has 0 unspecified atom stereocenters. The molecule has 0 radical (unpaired) electrons. The first-order chi connectivity index (χ1) is 16.5. The van der Waals surface area contributed by atoms with Crippen molar-refractivity contribution in [2.45, 2.75) is 83.8 Å². The molecule has 0 aromatic heterocycles. The topological polar surface area (TPSA) is 67.9 Å². The number of amides is 2. The number of aryl methyl sites for hydroxylation is 2. The summed E-state index contributed by atoms with van der Waals surface area (Å²) in [5, 5.41) is 3.24. The van der Waals surface area contributed by atoms with Crippen molar-refractivity contribution in [1.82, 2.24) is 10.2 Å². The van der Waals surface area contributed by atoms with E-state index in [0.29, 0.717) is 25.8 Å². The molecular weight excluding hydrogens is 428 g/mol. The molecule has 1 aliphatic heterocycles. The molecule has 2 aromatic rings. The van der Waals surface area contributed by atoms with Crippen LogP contribution in [0.2, 0.25) is 0 Å². The molecule has 1 saturated carbocycles. The van der Waals surface area contributed by atoms with E-state index in [2.05, 4.69) is 5.32 Å². The fourth-order valence-corrected chi connectivity index (χ4v) is 4.93. The SMILES string of the molecule is CC[C@@H](C(=O)NC1CCCCC1)N(Cc1ccccc1C)C(=O)CCc1ccc2c(c1)OCO2. The molecule has 1 atom stereocenters. The van der Waals surface area contributed by atoms with Crippen LogP contribution < -0.4 is 14.8 Å². The van der Waals surface area contributed by atoms with Crippen molar-refractivity contribution < 1.29 is 19.1 Å². The third kappa shape index (κ3) is 5.91. The molecule has 1 fully saturated rings. The molecule has 0 bridgehead atoms. The smallest absolute Gasteiger partial charge is 0.243 e. The van der Waals surface area contributed by atoms with E-state index in [1.807, 2.05) is 56.3 Å². The maximum absolute atomic E-state index is 13.6. The predicted octanol–water partition coefficient (Wildman–Crippen LogP) is 4.91. The lowest BCUT2D eigenvalue weighted by molar-refractivity contribution is -0.141. The van der Waals surface area contributed by atoms with Crippen molar-refractivity contribution in [2.24, 2.45) is 0 Å². The minimum absolute atomic E-state index is 0.00781. The number of ether oxygens (including phenoxy) is 2. The Morgan fingerprint density at radius 3 is 2.59 bits per heavy atom. The number of hydrogen-bond donors (Lipinski definition) is 1. The van der Waals surface area contributed by atoms with Crippen LogP contribution in [0.1, 0.15) is 68.6 Å². The van der Waals surface area contributed by atoms with Gasteiger partial charge >= 0.3 is 0 Å². The lowest BCUT2D eigenvalue weighted by Gasteiger charge is -2.33. The molecule has 0 saturated heterocycles. The van der Waals surface area contributed by atoms with E-state index in [4.69, 9.17) is 9.47 Å². The van der Waals surface area contributed by atoms with Crippen LogP contribution in [0, 0.1) is 6.92 Å². The van der Waals surface area contributed by atoms with Gasteiger partial charge in [0.05, 0.1) is 0 Å². The molecule has 1 heterocycles. The van der Waals surface area contributed by atoms with Crippen LogP contribution in [0.5, 0.6) is 11.5 Å². The molecule has 2 amide bonds. The van der Waals surface area contributed by atoms with Crippen LogP contribution in [0.4, 0.5) is 0 Å². The van der Waals surface area contributed by atoms with Gasteiger partial charge in [-0.3, -0.25) is 9.59 Å². The van der Waals surface area contributed by atoms with Gasteiger partial charge in [-0.1, -0.05) is 56.5 Å². The maximum atomic E-state index is 13.6. The molecular formula is C28H36N2O4. The van der Waals surface area contributed by atoms with E-state index in [1.165, 1.54) is 6.42 Å². The highest BCUT2D eigenvalue weighted by molar-refractivity contribution is 5.88. The van der Waals surface area contributed by atoms with Gasteiger partial charge in [-0.2, -0.15) is 0 Å². The van der Waals surface area contributed by atoms with Crippen molar-refractivity contribution in [2.75, 3.05) is 6.79 Å². The Morgan fingerprint density at radius 1 is 1.06 bits per heavy atom. The first kappa shape index (κ1) is 24.1. The average molecular weight is 465 g/mol. The van der Waals surface area contributed by atoms with Gasteiger partial charge in [0.15, 0.2) is 11.5 Å². The first-order valence-corrected chi connectivity index (χ1v) is 12.6. The largest absolute Gasteiger partial charge is 0.454 e. The summed E-state index contributed by atoms with van der Waals surface area (Å²) in [6.45, 7) is 4.70. The number of nitrogens with zero attached hydrogens (tertiary/aromatic N) is 1. The average Bonchev–Trinajstić information content (AvgIpc) is 3.32. The van der Waals surface area contributed by atoms with E-state index in [0.717, 1.165) is 53.9 Å². The van der Waals surface area contributed by atoms with E-state index in [1.54, 1.807) is 4.90 Å². The number of rotatable bonds is 9. The van der Waals surface area contributed by atoms with Crippen LogP contribution in [0.25, 0.3) is 0 Å². The van der Waals surface area contributed by atoms with Crippen molar-refractivity contribution >= 4 is 11.8 Å². The lowest BCUT2D eigenvalue weighted by atomic mass is 9.95. The highest BCUT2D eigenvalue weighted by Crippen LogP contribution is 2.33. The van der Waals surface area contributed by atoms with Crippen LogP contribution in [-0.4, -0.2) is 35.6 Å². The lowest BCUT2D eigenvalue weighted by Crippen LogP contribution is -2.51. The molecule has 1 N–H and O–H groups in total. The van der Waals surface area contributed by atoms with Crippen molar-refractivity contribution in [3.63, 3.8) is 0 Å². The second kappa shape index (κ2) is 11.4. The van der Waals surface area contributed by atoms with Crippen LogP contribution in [0.3, 0.4) is 0 Å². The van der Waals surface area contributed by atoms with Crippen LogP contribution >= 0.6 is 0 Å². The van der Waals surface area contributed by atoms with Gasteiger partial charge in [-0.15, -0.1) is 0 Å². The van der Waals surface area contributed by atoms with Gasteiger partial charge in [-0.25, -0.2) is 0 Å². The van der Waals surface area contributed by atoms with E-state index in [9.17, 15) is 9.59 Å². The third-order valence-electron chi connectivity index (χ3n) is 7.00. The normalized spacial score (nSPS) is 16.2. The zero-order valence-electron chi connectivity index (χ0n) is 20.3. The van der Waals surface area contributed by atoms with Gasteiger partial charge in [0.1, 0.15) is 6.04 Å². The molecule has 2 aliphatic rings. The monoisotopic (exact) mass is 464 g/mol. The minimum atomic E-state index is -0.481. The first-order valence-electron chi connectivity index (χ1n) is 12.6. The Bertz CT molecular complexity index is 1000. The van der Waals surface area contributed by atoms with Gasteiger partial charge in [0.2, 0.25) is 18.6 Å². The van der Waals surface area contributed by atoms with Gasteiger partial charge in [0.25, 0.3) is 0 Å². The van der Waals surface area contributed by atoms with Crippen molar-refractivity contribution in [3.05, 3.63) is 59.2 Å².